The monoisotopic (exact) mass is 375 g/mol. The van der Waals surface area contributed by atoms with Gasteiger partial charge >= 0.3 is 0 Å². The zero-order chi connectivity index (χ0) is 18.0. The van der Waals surface area contributed by atoms with Gasteiger partial charge in [-0.25, -0.2) is 8.42 Å². The molecule has 0 saturated heterocycles. The lowest BCUT2D eigenvalue weighted by Gasteiger charge is -2.17. The van der Waals surface area contributed by atoms with Crippen molar-refractivity contribution in [3.63, 3.8) is 0 Å². The lowest BCUT2D eigenvalue weighted by atomic mass is 10.2. The van der Waals surface area contributed by atoms with Crippen LogP contribution >= 0.6 is 11.5 Å². The third-order valence-corrected chi connectivity index (χ3v) is 6.33. The Labute approximate surface area is 150 Å². The summed E-state index contributed by atoms with van der Waals surface area (Å²) in [5, 5.41) is 3.65. The van der Waals surface area contributed by atoms with Crippen LogP contribution in [0.1, 0.15) is 5.56 Å². The van der Waals surface area contributed by atoms with E-state index in [1.54, 1.807) is 24.4 Å². The van der Waals surface area contributed by atoms with Crippen molar-refractivity contribution in [2.24, 2.45) is 0 Å². The van der Waals surface area contributed by atoms with Gasteiger partial charge in [0.05, 0.1) is 16.1 Å². The van der Waals surface area contributed by atoms with Gasteiger partial charge in [-0.1, -0.05) is 17.7 Å². The summed E-state index contributed by atoms with van der Waals surface area (Å²) in [6.07, 6.45) is 1.73. The molecule has 6 nitrogen and oxygen atoms in total. The summed E-state index contributed by atoms with van der Waals surface area (Å²) >= 11 is 1.38. The minimum absolute atomic E-state index is 0.166. The molecule has 0 aliphatic rings. The number of aryl methyl sites for hydroxylation is 1. The first-order valence-electron chi connectivity index (χ1n) is 7.53. The molecular weight excluding hydrogens is 358 g/mol. The van der Waals surface area contributed by atoms with Gasteiger partial charge in [0.2, 0.25) is 15.9 Å². The highest BCUT2D eigenvalue weighted by molar-refractivity contribution is 7.89. The minimum atomic E-state index is -3.70. The maximum Gasteiger partial charge on any atom is 0.243 e. The number of anilines is 1. The maximum atomic E-state index is 12.5. The fraction of sp³-hybridized carbons (Fsp3) is 0.176. The number of fused-ring (bicyclic) bond motifs is 1. The fourth-order valence-electron chi connectivity index (χ4n) is 2.33. The number of nitrogens with one attached hydrogen (secondary N) is 1. The number of carbonyl (C=O) groups excluding carboxylic acids is 1. The molecule has 25 heavy (non-hydrogen) atoms. The summed E-state index contributed by atoms with van der Waals surface area (Å²) in [4.78, 5) is 12.4. The van der Waals surface area contributed by atoms with Crippen LogP contribution in [0.2, 0.25) is 0 Å². The molecule has 0 unspecified atom stereocenters. The second-order valence-corrected chi connectivity index (χ2v) is 8.58. The lowest BCUT2D eigenvalue weighted by Crippen LogP contribution is -2.34. The van der Waals surface area contributed by atoms with Crippen molar-refractivity contribution >= 4 is 43.2 Å². The summed E-state index contributed by atoms with van der Waals surface area (Å²) < 4.78 is 31.2. The molecule has 1 amide bonds. The molecule has 0 radical (unpaired) electrons. The van der Waals surface area contributed by atoms with Gasteiger partial charge in [0, 0.05) is 24.3 Å². The Balaban J connectivity index is 1.69. The quantitative estimate of drug-likeness (QED) is 0.744. The molecule has 2 aromatic carbocycles. The highest BCUT2D eigenvalue weighted by atomic mass is 32.2. The van der Waals surface area contributed by atoms with Gasteiger partial charge in [-0.05, 0) is 48.8 Å². The lowest BCUT2D eigenvalue weighted by molar-refractivity contribution is -0.116. The van der Waals surface area contributed by atoms with Gasteiger partial charge in [0.15, 0.2) is 0 Å². The highest BCUT2D eigenvalue weighted by Crippen LogP contribution is 2.22. The molecular formula is C17H17N3O3S2. The average Bonchev–Trinajstić information content (AvgIpc) is 3.02. The Hall–Kier alpha value is -2.29. The van der Waals surface area contributed by atoms with E-state index in [1.165, 1.54) is 30.7 Å². The van der Waals surface area contributed by atoms with Crippen LogP contribution in [-0.4, -0.2) is 36.6 Å². The topological polar surface area (TPSA) is 79.4 Å². The van der Waals surface area contributed by atoms with Crippen LogP contribution < -0.4 is 5.32 Å². The number of likely N-dealkylation sites (N-methyl/N-ethyl adjacent to an activating group) is 1. The van der Waals surface area contributed by atoms with Crippen molar-refractivity contribution in [3.05, 3.63) is 54.2 Å². The first kappa shape index (κ1) is 17.5. The summed E-state index contributed by atoms with van der Waals surface area (Å²) in [6, 6.07) is 12.0. The van der Waals surface area contributed by atoms with Crippen LogP contribution in [0.5, 0.6) is 0 Å². The van der Waals surface area contributed by atoms with Gasteiger partial charge in [-0.3, -0.25) is 4.79 Å². The molecule has 1 N–H and O–H groups in total. The van der Waals surface area contributed by atoms with Crippen LogP contribution in [0.4, 0.5) is 5.69 Å². The van der Waals surface area contributed by atoms with E-state index in [0.717, 1.165) is 20.0 Å². The van der Waals surface area contributed by atoms with E-state index in [2.05, 4.69) is 9.69 Å². The minimum Gasteiger partial charge on any atom is -0.325 e. The molecule has 8 heteroatoms. The number of hydrogen-bond acceptors (Lipinski definition) is 5. The number of rotatable bonds is 5. The number of sulfonamides is 1. The smallest absolute Gasteiger partial charge is 0.243 e. The van der Waals surface area contributed by atoms with E-state index in [0.29, 0.717) is 5.69 Å². The van der Waals surface area contributed by atoms with Crippen molar-refractivity contribution in [1.29, 1.82) is 0 Å². The zero-order valence-corrected chi connectivity index (χ0v) is 15.4. The van der Waals surface area contributed by atoms with Crippen LogP contribution in [0.25, 0.3) is 10.1 Å². The molecule has 0 aliphatic carbocycles. The van der Waals surface area contributed by atoms with E-state index >= 15 is 0 Å². The predicted octanol–water partition coefficient (Wildman–Crippen LogP) is 2.86. The molecule has 0 fully saturated rings. The van der Waals surface area contributed by atoms with Crippen LogP contribution in [0, 0.1) is 6.92 Å². The molecule has 0 atom stereocenters. The first-order valence-corrected chi connectivity index (χ1v) is 9.75. The first-order chi connectivity index (χ1) is 11.9. The summed E-state index contributed by atoms with van der Waals surface area (Å²) in [6.45, 7) is 1.61. The Bertz CT molecular complexity index is 1010. The van der Waals surface area contributed by atoms with E-state index in [4.69, 9.17) is 0 Å². The largest absolute Gasteiger partial charge is 0.325 e. The molecule has 0 aliphatic heterocycles. The number of amides is 1. The number of aromatic nitrogens is 1. The zero-order valence-electron chi connectivity index (χ0n) is 13.8. The number of carbonyl (C=O) groups is 1. The molecule has 3 rings (SSSR count). The summed E-state index contributed by atoms with van der Waals surface area (Å²) in [7, 11) is -2.31. The fourth-order valence-corrected chi connectivity index (χ4v) is 4.08. The summed E-state index contributed by atoms with van der Waals surface area (Å²) in [5.41, 5.74) is 1.58. The summed E-state index contributed by atoms with van der Waals surface area (Å²) in [5.74, 6) is -0.402. The van der Waals surface area contributed by atoms with Crippen molar-refractivity contribution in [2.45, 2.75) is 11.8 Å². The van der Waals surface area contributed by atoms with E-state index in [9.17, 15) is 13.2 Å². The van der Waals surface area contributed by atoms with Crippen LogP contribution in [0.15, 0.2) is 53.6 Å². The van der Waals surface area contributed by atoms with Gasteiger partial charge in [0.25, 0.3) is 0 Å². The molecule has 130 valence electrons. The number of nitrogens with zero attached hydrogens (tertiary/aromatic N) is 2. The molecule has 0 spiro atoms. The van der Waals surface area contributed by atoms with Crippen molar-refractivity contribution in [1.82, 2.24) is 8.68 Å². The predicted molar refractivity (Wildman–Crippen MR) is 99.2 cm³/mol. The third kappa shape index (κ3) is 3.87. The number of benzene rings is 2. The highest BCUT2D eigenvalue weighted by Gasteiger charge is 2.22. The Morgan fingerprint density at radius 3 is 2.64 bits per heavy atom. The average molecular weight is 375 g/mol. The van der Waals surface area contributed by atoms with E-state index < -0.39 is 15.9 Å². The van der Waals surface area contributed by atoms with Gasteiger partial charge < -0.3 is 5.32 Å². The van der Waals surface area contributed by atoms with Gasteiger partial charge in [0.1, 0.15) is 0 Å². The Kier molecular flexibility index (Phi) is 4.85. The van der Waals surface area contributed by atoms with Crippen molar-refractivity contribution in [2.75, 3.05) is 18.9 Å². The SMILES string of the molecule is Cc1ccc(S(=O)(=O)N(C)CC(=O)Nc2ccc3sncc3c2)cc1. The molecule has 0 bridgehead atoms. The van der Waals surface area contributed by atoms with Gasteiger partial charge in [-0.15, -0.1) is 0 Å². The van der Waals surface area contributed by atoms with Crippen LogP contribution in [0.3, 0.4) is 0 Å². The molecule has 0 saturated carbocycles. The Morgan fingerprint density at radius 2 is 1.92 bits per heavy atom. The second kappa shape index (κ2) is 6.91. The Morgan fingerprint density at radius 1 is 1.20 bits per heavy atom. The molecule has 3 aromatic rings. The third-order valence-electron chi connectivity index (χ3n) is 3.73. The standard InChI is InChI=1S/C17H17N3O3S2/c1-12-3-6-15(7-4-12)25(22,23)20(2)11-17(21)19-14-5-8-16-13(9-14)10-18-24-16/h3-10H,11H2,1-2H3,(H,19,21). The van der Waals surface area contributed by atoms with Gasteiger partial charge in [-0.2, -0.15) is 8.68 Å². The second-order valence-electron chi connectivity index (χ2n) is 5.70. The normalized spacial score (nSPS) is 11.8. The van der Waals surface area contributed by atoms with Crippen LogP contribution in [-0.2, 0) is 14.8 Å². The maximum absolute atomic E-state index is 12.5. The van der Waals surface area contributed by atoms with Crippen molar-refractivity contribution in [3.8, 4) is 0 Å². The number of hydrogen-bond donors (Lipinski definition) is 1. The molecule has 1 heterocycles. The van der Waals surface area contributed by atoms with E-state index in [1.807, 2.05) is 19.1 Å². The van der Waals surface area contributed by atoms with E-state index in [-0.39, 0.29) is 11.4 Å². The van der Waals surface area contributed by atoms with Crippen molar-refractivity contribution < 1.29 is 13.2 Å². The molecule has 1 aromatic heterocycles.